The van der Waals surface area contributed by atoms with Gasteiger partial charge in [-0.05, 0) is 26.0 Å². The van der Waals surface area contributed by atoms with Gasteiger partial charge in [0, 0.05) is 51.3 Å². The Kier molecular flexibility index (Phi) is 7.33. The molecular formula is C22H30N6O4. The van der Waals surface area contributed by atoms with E-state index in [1.165, 1.54) is 6.33 Å². The van der Waals surface area contributed by atoms with Gasteiger partial charge in [-0.25, -0.2) is 19.8 Å². The summed E-state index contributed by atoms with van der Waals surface area (Å²) < 4.78 is 17.0. The van der Waals surface area contributed by atoms with Gasteiger partial charge >= 0.3 is 6.09 Å². The molecule has 2 aliphatic rings. The second-order valence-corrected chi connectivity index (χ2v) is 8.04. The molecule has 2 saturated heterocycles. The van der Waals surface area contributed by atoms with E-state index in [0.717, 1.165) is 31.6 Å². The van der Waals surface area contributed by atoms with Crippen LogP contribution in [-0.2, 0) is 9.47 Å². The Morgan fingerprint density at radius 3 is 2.66 bits per heavy atom. The SMILES string of the molecule is CC(C)OC(=O)N1CCC(Oc2cc(N(c3cccnc3)N3CCOCC3)ncn2)CC1. The normalized spacial score (nSPS) is 17.9. The van der Waals surface area contributed by atoms with Crippen LogP contribution in [0.4, 0.5) is 16.3 Å². The first kappa shape index (κ1) is 22.2. The average molecular weight is 443 g/mol. The fourth-order valence-corrected chi connectivity index (χ4v) is 3.79. The van der Waals surface area contributed by atoms with Gasteiger partial charge in [-0.1, -0.05) is 0 Å². The average Bonchev–Trinajstić information content (AvgIpc) is 2.81. The molecule has 2 aliphatic heterocycles. The van der Waals surface area contributed by atoms with Crippen molar-refractivity contribution in [1.29, 1.82) is 0 Å². The molecule has 1 amide bonds. The number of hydrogen-bond acceptors (Lipinski definition) is 9. The smallest absolute Gasteiger partial charge is 0.410 e. The van der Waals surface area contributed by atoms with Crippen molar-refractivity contribution in [3.8, 4) is 5.88 Å². The number of carbonyl (C=O) groups is 1. The zero-order chi connectivity index (χ0) is 22.3. The van der Waals surface area contributed by atoms with Gasteiger partial charge in [0.1, 0.15) is 12.4 Å². The zero-order valence-corrected chi connectivity index (χ0v) is 18.6. The highest BCUT2D eigenvalue weighted by Gasteiger charge is 2.27. The Bertz CT molecular complexity index is 870. The van der Waals surface area contributed by atoms with E-state index in [1.54, 1.807) is 11.1 Å². The summed E-state index contributed by atoms with van der Waals surface area (Å²) in [7, 11) is 0. The quantitative estimate of drug-likeness (QED) is 0.669. The van der Waals surface area contributed by atoms with E-state index < -0.39 is 0 Å². The van der Waals surface area contributed by atoms with Crippen molar-refractivity contribution in [1.82, 2.24) is 24.9 Å². The Hall–Kier alpha value is -2.98. The summed E-state index contributed by atoms with van der Waals surface area (Å²) in [5.41, 5.74) is 0.913. The third-order valence-electron chi connectivity index (χ3n) is 5.33. The molecule has 10 nitrogen and oxygen atoms in total. The molecule has 0 bridgehead atoms. The number of hydrazine groups is 1. The first-order valence-electron chi connectivity index (χ1n) is 11.1. The van der Waals surface area contributed by atoms with Crippen LogP contribution in [0, 0.1) is 0 Å². The number of likely N-dealkylation sites (tertiary alicyclic amines) is 1. The number of hydrogen-bond donors (Lipinski definition) is 0. The van der Waals surface area contributed by atoms with Crippen LogP contribution in [0.1, 0.15) is 26.7 Å². The molecule has 4 heterocycles. The van der Waals surface area contributed by atoms with Crippen molar-refractivity contribution in [2.75, 3.05) is 44.4 Å². The number of ether oxygens (including phenoxy) is 3. The van der Waals surface area contributed by atoms with Gasteiger partial charge in [-0.15, -0.1) is 0 Å². The lowest BCUT2D eigenvalue weighted by Gasteiger charge is -2.37. The standard InChI is InChI=1S/C22H30N6O4/c1-17(2)31-22(29)26-8-5-19(6-9-26)32-21-14-20(24-16-25-21)28(18-4-3-7-23-15-18)27-10-12-30-13-11-27/h3-4,7,14-17,19H,5-6,8-13H2,1-2H3. The van der Waals surface area contributed by atoms with Gasteiger partial charge in [0.25, 0.3) is 0 Å². The van der Waals surface area contributed by atoms with Crippen LogP contribution >= 0.6 is 0 Å². The van der Waals surface area contributed by atoms with Crippen molar-refractivity contribution in [3.63, 3.8) is 0 Å². The Morgan fingerprint density at radius 2 is 1.97 bits per heavy atom. The Morgan fingerprint density at radius 1 is 1.19 bits per heavy atom. The van der Waals surface area contributed by atoms with E-state index >= 15 is 0 Å². The Balaban J connectivity index is 1.44. The molecular weight excluding hydrogens is 412 g/mol. The summed E-state index contributed by atoms with van der Waals surface area (Å²) in [6.07, 6.45) is 6.12. The molecule has 0 atom stereocenters. The summed E-state index contributed by atoms with van der Waals surface area (Å²) in [5, 5.41) is 4.22. The molecule has 10 heteroatoms. The molecule has 2 fully saturated rings. The van der Waals surface area contributed by atoms with Crippen molar-refractivity contribution in [3.05, 3.63) is 36.9 Å². The van der Waals surface area contributed by atoms with Gasteiger partial charge in [0.2, 0.25) is 5.88 Å². The molecule has 4 rings (SSSR count). The van der Waals surface area contributed by atoms with Gasteiger partial charge < -0.3 is 19.1 Å². The van der Waals surface area contributed by atoms with Gasteiger partial charge in [-0.3, -0.25) is 9.99 Å². The lowest BCUT2D eigenvalue weighted by Crippen LogP contribution is -2.47. The minimum absolute atomic E-state index is 0.0175. The predicted octanol–water partition coefficient (Wildman–Crippen LogP) is 2.65. The third-order valence-corrected chi connectivity index (χ3v) is 5.33. The summed E-state index contributed by atoms with van der Waals surface area (Å²) >= 11 is 0. The number of pyridine rings is 1. The second kappa shape index (κ2) is 10.6. The fourth-order valence-electron chi connectivity index (χ4n) is 3.79. The van der Waals surface area contributed by atoms with Gasteiger partial charge in [-0.2, -0.15) is 0 Å². The highest BCUT2D eigenvalue weighted by atomic mass is 16.6. The summed E-state index contributed by atoms with van der Waals surface area (Å²) in [6.45, 7) is 7.72. The van der Waals surface area contributed by atoms with E-state index in [4.69, 9.17) is 14.2 Å². The van der Waals surface area contributed by atoms with Gasteiger partial charge in [0.05, 0.1) is 31.2 Å². The molecule has 2 aromatic rings. The number of carbonyl (C=O) groups excluding carboxylic acids is 1. The number of nitrogens with zero attached hydrogens (tertiary/aromatic N) is 6. The van der Waals surface area contributed by atoms with Crippen LogP contribution in [0.15, 0.2) is 36.9 Å². The van der Waals surface area contributed by atoms with E-state index in [-0.39, 0.29) is 18.3 Å². The maximum absolute atomic E-state index is 12.1. The highest BCUT2D eigenvalue weighted by molar-refractivity contribution is 5.67. The monoisotopic (exact) mass is 442 g/mol. The van der Waals surface area contributed by atoms with E-state index in [0.29, 0.717) is 38.0 Å². The first-order chi connectivity index (χ1) is 15.6. The molecule has 2 aromatic heterocycles. The summed E-state index contributed by atoms with van der Waals surface area (Å²) in [5.74, 6) is 1.23. The molecule has 0 N–H and O–H groups in total. The predicted molar refractivity (Wildman–Crippen MR) is 118 cm³/mol. The molecule has 0 aliphatic carbocycles. The zero-order valence-electron chi connectivity index (χ0n) is 18.6. The lowest BCUT2D eigenvalue weighted by atomic mass is 10.1. The number of piperidine rings is 1. The summed E-state index contributed by atoms with van der Waals surface area (Å²) in [6, 6.07) is 5.75. The molecule has 0 radical (unpaired) electrons. The third kappa shape index (κ3) is 5.63. The topological polar surface area (TPSA) is 93.2 Å². The molecule has 0 spiro atoms. The fraction of sp³-hybridized carbons (Fsp3) is 0.545. The van der Waals surface area contributed by atoms with Crippen molar-refractivity contribution < 1.29 is 19.0 Å². The molecule has 32 heavy (non-hydrogen) atoms. The summed E-state index contributed by atoms with van der Waals surface area (Å²) in [4.78, 5) is 26.9. The van der Waals surface area contributed by atoms with E-state index in [2.05, 4.69) is 20.0 Å². The maximum Gasteiger partial charge on any atom is 0.410 e. The number of aromatic nitrogens is 3. The van der Waals surface area contributed by atoms with E-state index in [1.807, 2.05) is 43.3 Å². The minimum Gasteiger partial charge on any atom is -0.474 e. The minimum atomic E-state index is -0.264. The molecule has 0 aromatic carbocycles. The lowest BCUT2D eigenvalue weighted by molar-refractivity contribution is 0.0374. The molecule has 172 valence electrons. The van der Waals surface area contributed by atoms with Gasteiger partial charge in [0.15, 0.2) is 5.82 Å². The number of rotatable bonds is 6. The molecule has 0 saturated carbocycles. The maximum atomic E-state index is 12.1. The van der Waals surface area contributed by atoms with Crippen LogP contribution in [0.2, 0.25) is 0 Å². The van der Waals surface area contributed by atoms with Crippen LogP contribution in [-0.4, -0.2) is 82.6 Å². The Labute approximate surface area is 188 Å². The van der Waals surface area contributed by atoms with Crippen LogP contribution in [0.3, 0.4) is 0 Å². The van der Waals surface area contributed by atoms with E-state index in [9.17, 15) is 4.79 Å². The molecule has 0 unspecified atom stereocenters. The van der Waals surface area contributed by atoms with Crippen molar-refractivity contribution in [2.45, 2.75) is 38.9 Å². The number of anilines is 2. The second-order valence-electron chi connectivity index (χ2n) is 8.04. The number of morpholine rings is 1. The first-order valence-corrected chi connectivity index (χ1v) is 11.1. The van der Waals surface area contributed by atoms with Crippen molar-refractivity contribution in [2.24, 2.45) is 0 Å². The van der Waals surface area contributed by atoms with Crippen LogP contribution in [0.5, 0.6) is 5.88 Å². The van der Waals surface area contributed by atoms with Crippen molar-refractivity contribution >= 4 is 17.6 Å². The largest absolute Gasteiger partial charge is 0.474 e. The van der Waals surface area contributed by atoms with Crippen LogP contribution in [0.25, 0.3) is 0 Å². The van der Waals surface area contributed by atoms with Crippen LogP contribution < -0.4 is 9.75 Å². The highest BCUT2D eigenvalue weighted by Crippen LogP contribution is 2.28. The number of amides is 1.